The monoisotopic (exact) mass is 145 g/mol. The van der Waals surface area contributed by atoms with Gasteiger partial charge < -0.3 is 5.32 Å². The molecule has 1 N–H and O–H groups in total. The van der Waals surface area contributed by atoms with Crippen molar-refractivity contribution in [2.24, 2.45) is 0 Å². The molecule has 2 heteroatoms. The lowest BCUT2D eigenvalue weighted by Crippen LogP contribution is -2.28. The van der Waals surface area contributed by atoms with Crippen LogP contribution in [0.25, 0.3) is 0 Å². The summed E-state index contributed by atoms with van der Waals surface area (Å²) in [4.78, 5) is 0. The third-order valence-electron chi connectivity index (χ3n) is 1.69. The summed E-state index contributed by atoms with van der Waals surface area (Å²) in [6.07, 6.45) is 1.36. The van der Waals surface area contributed by atoms with Gasteiger partial charge in [0.1, 0.15) is 0 Å². The lowest BCUT2D eigenvalue weighted by molar-refractivity contribution is 0.557. The van der Waals surface area contributed by atoms with Crippen molar-refractivity contribution in [2.75, 3.05) is 12.3 Å². The molecular formula is C7H15NS. The second-order valence-corrected chi connectivity index (χ2v) is 4.11. The van der Waals surface area contributed by atoms with E-state index in [4.69, 9.17) is 0 Å². The van der Waals surface area contributed by atoms with Crippen LogP contribution in [0, 0.1) is 0 Å². The van der Waals surface area contributed by atoms with Crippen LogP contribution in [0.2, 0.25) is 0 Å². The Labute approximate surface area is 61.6 Å². The standard InChI is InChI=1S/C7H15NS/c1-3-8-7-4-6(2)9-5-7/h6-8H,3-5H2,1-2H3. The zero-order valence-corrected chi connectivity index (χ0v) is 7.00. The second-order valence-electron chi connectivity index (χ2n) is 2.63. The van der Waals surface area contributed by atoms with Gasteiger partial charge in [0.25, 0.3) is 0 Å². The molecule has 0 amide bonds. The molecule has 0 bridgehead atoms. The smallest absolute Gasteiger partial charge is 0.0168 e. The van der Waals surface area contributed by atoms with Crippen molar-refractivity contribution in [1.29, 1.82) is 0 Å². The predicted octanol–water partition coefficient (Wildman–Crippen LogP) is 1.49. The molecule has 0 radical (unpaired) electrons. The highest BCUT2D eigenvalue weighted by Gasteiger charge is 2.19. The van der Waals surface area contributed by atoms with E-state index in [1.165, 1.54) is 12.2 Å². The van der Waals surface area contributed by atoms with Crippen molar-refractivity contribution in [2.45, 2.75) is 31.6 Å². The van der Waals surface area contributed by atoms with E-state index in [9.17, 15) is 0 Å². The van der Waals surface area contributed by atoms with Crippen LogP contribution in [0.5, 0.6) is 0 Å². The average Bonchev–Trinajstić information content (AvgIpc) is 2.17. The molecule has 1 aliphatic rings. The van der Waals surface area contributed by atoms with Gasteiger partial charge in [0.15, 0.2) is 0 Å². The number of nitrogens with one attached hydrogen (secondary N) is 1. The molecule has 2 atom stereocenters. The van der Waals surface area contributed by atoms with Crippen LogP contribution in [0.4, 0.5) is 0 Å². The lowest BCUT2D eigenvalue weighted by atomic mass is 10.2. The Bertz CT molecular complexity index is 83.0. The number of thioether (sulfide) groups is 1. The summed E-state index contributed by atoms with van der Waals surface area (Å²) in [5.74, 6) is 1.31. The molecule has 0 aromatic carbocycles. The first-order valence-corrected chi connectivity index (χ1v) is 4.72. The van der Waals surface area contributed by atoms with E-state index in [1.807, 2.05) is 0 Å². The zero-order valence-electron chi connectivity index (χ0n) is 6.18. The normalized spacial score (nSPS) is 35.3. The first kappa shape index (κ1) is 7.42. The Morgan fingerprint density at radius 2 is 2.44 bits per heavy atom. The second kappa shape index (κ2) is 3.47. The van der Waals surface area contributed by atoms with Gasteiger partial charge in [-0.15, -0.1) is 0 Å². The Kier molecular flexibility index (Phi) is 2.86. The van der Waals surface area contributed by atoms with Crippen molar-refractivity contribution >= 4 is 11.8 Å². The Hall–Kier alpha value is 0.310. The van der Waals surface area contributed by atoms with Crippen molar-refractivity contribution in [3.63, 3.8) is 0 Å². The van der Waals surface area contributed by atoms with E-state index in [0.717, 1.165) is 17.8 Å². The third-order valence-corrected chi connectivity index (χ3v) is 3.05. The molecule has 0 spiro atoms. The fourth-order valence-electron chi connectivity index (χ4n) is 1.25. The van der Waals surface area contributed by atoms with E-state index in [-0.39, 0.29) is 0 Å². The maximum Gasteiger partial charge on any atom is 0.0168 e. The molecule has 0 aliphatic carbocycles. The van der Waals surface area contributed by atoms with Crippen LogP contribution in [0.15, 0.2) is 0 Å². The molecular weight excluding hydrogens is 130 g/mol. The Morgan fingerprint density at radius 3 is 2.89 bits per heavy atom. The molecule has 0 aromatic heterocycles. The van der Waals surface area contributed by atoms with Crippen molar-refractivity contribution in [3.05, 3.63) is 0 Å². The minimum absolute atomic E-state index is 0.801. The minimum Gasteiger partial charge on any atom is -0.313 e. The van der Waals surface area contributed by atoms with Gasteiger partial charge in [0.05, 0.1) is 0 Å². The highest BCUT2D eigenvalue weighted by Crippen LogP contribution is 2.25. The van der Waals surface area contributed by atoms with Crippen LogP contribution < -0.4 is 5.32 Å². The molecule has 0 aromatic rings. The quantitative estimate of drug-likeness (QED) is 0.632. The van der Waals surface area contributed by atoms with Gasteiger partial charge in [0.2, 0.25) is 0 Å². The molecule has 1 saturated heterocycles. The predicted molar refractivity (Wildman–Crippen MR) is 44.0 cm³/mol. The zero-order chi connectivity index (χ0) is 6.69. The summed E-state index contributed by atoms with van der Waals surface area (Å²) in [6, 6.07) is 0.801. The van der Waals surface area contributed by atoms with E-state index in [2.05, 4.69) is 30.9 Å². The van der Waals surface area contributed by atoms with Gasteiger partial charge in [-0.3, -0.25) is 0 Å². The minimum atomic E-state index is 0.801. The van der Waals surface area contributed by atoms with Gasteiger partial charge in [-0.1, -0.05) is 13.8 Å². The summed E-state index contributed by atoms with van der Waals surface area (Å²) in [6.45, 7) is 5.60. The number of hydrogen-bond acceptors (Lipinski definition) is 2. The lowest BCUT2D eigenvalue weighted by Gasteiger charge is -2.07. The van der Waals surface area contributed by atoms with Crippen molar-refractivity contribution < 1.29 is 0 Å². The van der Waals surface area contributed by atoms with E-state index in [1.54, 1.807) is 0 Å². The van der Waals surface area contributed by atoms with Crippen molar-refractivity contribution in [1.82, 2.24) is 5.32 Å². The van der Waals surface area contributed by atoms with Gasteiger partial charge in [-0.25, -0.2) is 0 Å². The highest BCUT2D eigenvalue weighted by atomic mass is 32.2. The molecule has 1 heterocycles. The van der Waals surface area contributed by atoms with Crippen LogP contribution in [0.1, 0.15) is 20.3 Å². The highest BCUT2D eigenvalue weighted by molar-refractivity contribution is 8.00. The van der Waals surface area contributed by atoms with E-state index < -0.39 is 0 Å². The topological polar surface area (TPSA) is 12.0 Å². The van der Waals surface area contributed by atoms with E-state index in [0.29, 0.717) is 0 Å². The summed E-state index contributed by atoms with van der Waals surface area (Å²) < 4.78 is 0. The van der Waals surface area contributed by atoms with Gasteiger partial charge in [-0.05, 0) is 13.0 Å². The molecule has 2 unspecified atom stereocenters. The van der Waals surface area contributed by atoms with Gasteiger partial charge in [-0.2, -0.15) is 11.8 Å². The summed E-state index contributed by atoms with van der Waals surface area (Å²) in [5, 5.41) is 4.34. The van der Waals surface area contributed by atoms with E-state index >= 15 is 0 Å². The SMILES string of the molecule is CCNC1CSC(C)C1. The van der Waals surface area contributed by atoms with Gasteiger partial charge in [0, 0.05) is 17.0 Å². The van der Waals surface area contributed by atoms with Crippen LogP contribution >= 0.6 is 11.8 Å². The molecule has 9 heavy (non-hydrogen) atoms. The molecule has 1 aliphatic heterocycles. The number of hydrogen-bond donors (Lipinski definition) is 1. The molecule has 1 nitrogen and oxygen atoms in total. The van der Waals surface area contributed by atoms with Crippen LogP contribution in [-0.2, 0) is 0 Å². The van der Waals surface area contributed by atoms with Crippen molar-refractivity contribution in [3.8, 4) is 0 Å². The fraction of sp³-hybridized carbons (Fsp3) is 1.00. The summed E-state index contributed by atoms with van der Waals surface area (Å²) >= 11 is 2.08. The average molecular weight is 145 g/mol. The molecule has 0 saturated carbocycles. The first-order chi connectivity index (χ1) is 4.33. The Morgan fingerprint density at radius 1 is 1.67 bits per heavy atom. The number of rotatable bonds is 2. The molecule has 1 rings (SSSR count). The fourth-order valence-corrected chi connectivity index (χ4v) is 2.43. The maximum absolute atomic E-state index is 3.45. The third kappa shape index (κ3) is 2.18. The van der Waals surface area contributed by atoms with Crippen LogP contribution in [0.3, 0.4) is 0 Å². The largest absolute Gasteiger partial charge is 0.313 e. The molecule has 1 fully saturated rings. The van der Waals surface area contributed by atoms with Gasteiger partial charge >= 0.3 is 0 Å². The van der Waals surface area contributed by atoms with Crippen LogP contribution in [-0.4, -0.2) is 23.6 Å². The Balaban J connectivity index is 2.14. The molecule has 54 valence electrons. The maximum atomic E-state index is 3.45. The first-order valence-electron chi connectivity index (χ1n) is 3.68. The summed E-state index contributed by atoms with van der Waals surface area (Å²) in [7, 11) is 0. The summed E-state index contributed by atoms with van der Waals surface area (Å²) in [5.41, 5.74) is 0.